The van der Waals surface area contributed by atoms with Crippen molar-refractivity contribution >= 4 is 0 Å². The van der Waals surface area contributed by atoms with Gasteiger partial charge in [-0.25, -0.2) is 9.67 Å². The van der Waals surface area contributed by atoms with Crippen molar-refractivity contribution in [3.63, 3.8) is 0 Å². The molecule has 1 atom stereocenters. The molecule has 0 aliphatic rings. The number of aliphatic hydroxyl groups is 1. The van der Waals surface area contributed by atoms with Crippen molar-refractivity contribution in [2.75, 3.05) is 6.54 Å². The van der Waals surface area contributed by atoms with Crippen molar-refractivity contribution < 1.29 is 5.11 Å². The molecule has 1 rings (SSSR count). The third-order valence-corrected chi connectivity index (χ3v) is 2.78. The Bertz CT molecular complexity index is 333. The van der Waals surface area contributed by atoms with Gasteiger partial charge in [-0.1, -0.05) is 20.8 Å². The fraction of sp³-hybridized carbons (Fsp3) is 0.833. The zero-order valence-corrected chi connectivity index (χ0v) is 11.3. The molecule has 0 radical (unpaired) electrons. The van der Waals surface area contributed by atoms with Gasteiger partial charge in [-0.15, -0.1) is 0 Å². The third-order valence-electron chi connectivity index (χ3n) is 2.78. The van der Waals surface area contributed by atoms with Crippen LogP contribution < -0.4 is 5.32 Å². The molecule has 0 amide bonds. The first kappa shape index (κ1) is 14.1. The van der Waals surface area contributed by atoms with Crippen LogP contribution in [0, 0.1) is 5.92 Å². The van der Waals surface area contributed by atoms with Gasteiger partial charge in [0.25, 0.3) is 0 Å². The molecule has 0 fully saturated rings. The van der Waals surface area contributed by atoms with Crippen LogP contribution in [0.2, 0.25) is 0 Å². The van der Waals surface area contributed by atoms with Crippen LogP contribution in [0.4, 0.5) is 0 Å². The Morgan fingerprint density at radius 1 is 1.53 bits per heavy atom. The van der Waals surface area contributed by atoms with E-state index in [-0.39, 0.29) is 0 Å². The molecule has 0 saturated carbocycles. The standard InChI is InChI=1S/C12H24N4O/c1-5-12(4,17)8-13-6-11-14-9-15-16(11)7-10(2)3/h9-10,13,17H,5-8H2,1-4H3. The normalized spacial score (nSPS) is 15.2. The minimum absolute atomic E-state index is 0.550. The van der Waals surface area contributed by atoms with Crippen molar-refractivity contribution in [3.8, 4) is 0 Å². The van der Waals surface area contributed by atoms with Crippen LogP contribution in [0.15, 0.2) is 6.33 Å². The molecule has 0 bridgehead atoms. The molecule has 0 aromatic carbocycles. The topological polar surface area (TPSA) is 63.0 Å². The van der Waals surface area contributed by atoms with E-state index in [9.17, 15) is 5.11 Å². The van der Waals surface area contributed by atoms with E-state index in [2.05, 4.69) is 29.2 Å². The van der Waals surface area contributed by atoms with Gasteiger partial charge in [-0.05, 0) is 19.3 Å². The van der Waals surface area contributed by atoms with Crippen LogP contribution in [0.5, 0.6) is 0 Å². The molecule has 1 unspecified atom stereocenters. The lowest BCUT2D eigenvalue weighted by molar-refractivity contribution is 0.0553. The molecule has 2 N–H and O–H groups in total. The van der Waals surface area contributed by atoms with Gasteiger partial charge in [0.05, 0.1) is 12.1 Å². The molecular formula is C12H24N4O. The Labute approximate surface area is 103 Å². The molecule has 0 saturated heterocycles. The van der Waals surface area contributed by atoms with E-state index in [1.54, 1.807) is 6.33 Å². The summed E-state index contributed by atoms with van der Waals surface area (Å²) >= 11 is 0. The fourth-order valence-corrected chi connectivity index (χ4v) is 1.49. The second-order valence-electron chi connectivity index (χ2n) is 5.21. The Morgan fingerprint density at radius 2 is 2.24 bits per heavy atom. The van der Waals surface area contributed by atoms with Gasteiger partial charge >= 0.3 is 0 Å². The lowest BCUT2D eigenvalue weighted by atomic mass is 10.0. The summed E-state index contributed by atoms with van der Waals surface area (Å²) in [6, 6.07) is 0. The van der Waals surface area contributed by atoms with Crippen LogP contribution in [0.25, 0.3) is 0 Å². The molecule has 1 aromatic rings. The molecule has 98 valence electrons. The van der Waals surface area contributed by atoms with Crippen molar-refractivity contribution in [2.24, 2.45) is 5.92 Å². The lowest BCUT2D eigenvalue weighted by Crippen LogP contribution is -2.37. The summed E-state index contributed by atoms with van der Waals surface area (Å²) in [6.45, 7) is 10.2. The Hall–Kier alpha value is -0.940. The number of hydrogen-bond donors (Lipinski definition) is 2. The van der Waals surface area contributed by atoms with E-state index >= 15 is 0 Å². The summed E-state index contributed by atoms with van der Waals surface area (Å²) in [6.07, 6.45) is 2.32. The first-order chi connectivity index (χ1) is 7.94. The smallest absolute Gasteiger partial charge is 0.140 e. The summed E-state index contributed by atoms with van der Waals surface area (Å²) in [5, 5.41) is 17.3. The molecule has 1 heterocycles. The molecule has 0 aliphatic carbocycles. The molecule has 5 nitrogen and oxygen atoms in total. The predicted molar refractivity (Wildman–Crippen MR) is 67.5 cm³/mol. The fourth-order valence-electron chi connectivity index (χ4n) is 1.49. The van der Waals surface area contributed by atoms with E-state index in [0.717, 1.165) is 18.8 Å². The summed E-state index contributed by atoms with van der Waals surface area (Å²) in [4.78, 5) is 4.22. The van der Waals surface area contributed by atoms with Crippen molar-refractivity contribution in [1.82, 2.24) is 20.1 Å². The molecular weight excluding hydrogens is 216 g/mol. The van der Waals surface area contributed by atoms with Crippen LogP contribution in [0.1, 0.15) is 39.9 Å². The maximum Gasteiger partial charge on any atom is 0.140 e. The minimum Gasteiger partial charge on any atom is -0.389 e. The number of rotatable bonds is 7. The van der Waals surface area contributed by atoms with Crippen LogP contribution in [-0.4, -0.2) is 32.0 Å². The average Bonchev–Trinajstić information content (AvgIpc) is 2.65. The van der Waals surface area contributed by atoms with Crippen LogP contribution in [-0.2, 0) is 13.1 Å². The highest BCUT2D eigenvalue weighted by Gasteiger charge is 2.17. The largest absolute Gasteiger partial charge is 0.389 e. The maximum absolute atomic E-state index is 9.86. The lowest BCUT2D eigenvalue weighted by Gasteiger charge is -2.21. The van der Waals surface area contributed by atoms with Crippen molar-refractivity contribution in [3.05, 3.63) is 12.2 Å². The summed E-state index contributed by atoms with van der Waals surface area (Å²) < 4.78 is 1.92. The van der Waals surface area contributed by atoms with Gasteiger partial charge < -0.3 is 10.4 Å². The number of aromatic nitrogens is 3. The van der Waals surface area contributed by atoms with E-state index in [1.807, 2.05) is 18.5 Å². The molecule has 0 aliphatic heterocycles. The van der Waals surface area contributed by atoms with Crippen molar-refractivity contribution in [2.45, 2.75) is 52.8 Å². The van der Waals surface area contributed by atoms with E-state index in [1.165, 1.54) is 0 Å². The second-order valence-corrected chi connectivity index (χ2v) is 5.21. The number of nitrogens with one attached hydrogen (secondary N) is 1. The second kappa shape index (κ2) is 6.12. The molecule has 1 aromatic heterocycles. The first-order valence-corrected chi connectivity index (χ1v) is 6.24. The quantitative estimate of drug-likeness (QED) is 0.751. The van der Waals surface area contributed by atoms with Gasteiger partial charge in [-0.2, -0.15) is 5.10 Å². The number of nitrogens with zero attached hydrogens (tertiary/aromatic N) is 3. The average molecular weight is 240 g/mol. The molecule has 5 heteroatoms. The first-order valence-electron chi connectivity index (χ1n) is 6.24. The monoisotopic (exact) mass is 240 g/mol. The Kier molecular flexibility index (Phi) is 5.08. The number of hydrogen-bond acceptors (Lipinski definition) is 4. The third kappa shape index (κ3) is 4.83. The summed E-state index contributed by atoms with van der Waals surface area (Å²) in [5.74, 6) is 1.47. The van der Waals surface area contributed by atoms with E-state index in [0.29, 0.717) is 19.0 Å². The van der Waals surface area contributed by atoms with Gasteiger partial charge in [0.15, 0.2) is 0 Å². The Morgan fingerprint density at radius 3 is 2.82 bits per heavy atom. The van der Waals surface area contributed by atoms with Crippen LogP contribution in [0.3, 0.4) is 0 Å². The zero-order chi connectivity index (χ0) is 12.9. The predicted octanol–water partition coefficient (Wildman–Crippen LogP) is 1.18. The zero-order valence-electron chi connectivity index (χ0n) is 11.3. The van der Waals surface area contributed by atoms with E-state index in [4.69, 9.17) is 0 Å². The summed E-state index contributed by atoms with van der Waals surface area (Å²) in [5.41, 5.74) is -0.650. The van der Waals surface area contributed by atoms with Gasteiger partial charge in [-0.3, -0.25) is 0 Å². The summed E-state index contributed by atoms with van der Waals surface area (Å²) in [7, 11) is 0. The highest BCUT2D eigenvalue weighted by Crippen LogP contribution is 2.06. The van der Waals surface area contributed by atoms with Crippen molar-refractivity contribution in [1.29, 1.82) is 0 Å². The minimum atomic E-state index is -0.650. The molecule has 0 spiro atoms. The van der Waals surface area contributed by atoms with Gasteiger partial charge in [0.2, 0.25) is 0 Å². The Balaban J connectivity index is 2.44. The van der Waals surface area contributed by atoms with Gasteiger partial charge in [0.1, 0.15) is 12.2 Å². The highest BCUT2D eigenvalue weighted by molar-refractivity contribution is 4.85. The van der Waals surface area contributed by atoms with Crippen LogP contribution >= 0.6 is 0 Å². The highest BCUT2D eigenvalue weighted by atomic mass is 16.3. The maximum atomic E-state index is 9.86. The SMILES string of the molecule is CCC(C)(O)CNCc1ncnn1CC(C)C. The van der Waals surface area contributed by atoms with Gasteiger partial charge in [0, 0.05) is 13.1 Å². The molecule has 17 heavy (non-hydrogen) atoms. The van der Waals surface area contributed by atoms with E-state index < -0.39 is 5.60 Å².